The quantitative estimate of drug-likeness (QED) is 0.642. The lowest BCUT2D eigenvalue weighted by molar-refractivity contribution is -0.125. The van der Waals surface area contributed by atoms with Crippen LogP contribution in [0, 0.1) is 25.6 Å². The number of likely N-dealkylation sites (tertiary alicyclic amines) is 1. The molecule has 2 amide bonds. The Morgan fingerprint density at radius 3 is 2.31 bits per heavy atom. The zero-order chi connectivity index (χ0) is 22.7. The minimum atomic E-state index is -0.355. The van der Waals surface area contributed by atoms with Crippen molar-refractivity contribution in [1.82, 2.24) is 10.2 Å². The highest BCUT2D eigenvalue weighted by atomic mass is 19.1. The summed E-state index contributed by atoms with van der Waals surface area (Å²) in [7, 11) is 0. The van der Waals surface area contributed by atoms with Crippen LogP contribution < -0.4 is 5.32 Å². The second-order valence-electron chi connectivity index (χ2n) is 8.49. The summed E-state index contributed by atoms with van der Waals surface area (Å²) >= 11 is 0. The molecule has 1 N–H and O–H groups in total. The van der Waals surface area contributed by atoms with Crippen LogP contribution in [0.3, 0.4) is 0 Å². The lowest BCUT2D eigenvalue weighted by atomic mass is 9.88. The Hall–Kier alpha value is -3.47. The third-order valence-corrected chi connectivity index (χ3v) is 6.20. The molecule has 3 aromatic carbocycles. The van der Waals surface area contributed by atoms with Crippen LogP contribution in [-0.2, 0) is 11.3 Å². The molecule has 1 fully saturated rings. The molecule has 0 saturated carbocycles. The van der Waals surface area contributed by atoms with E-state index in [0.29, 0.717) is 25.2 Å². The Morgan fingerprint density at radius 2 is 1.62 bits per heavy atom. The van der Waals surface area contributed by atoms with E-state index in [1.807, 2.05) is 62.4 Å². The summed E-state index contributed by atoms with van der Waals surface area (Å²) in [6.07, 6.45) is 0. The summed E-state index contributed by atoms with van der Waals surface area (Å²) in [5.74, 6) is -0.891. The first-order chi connectivity index (χ1) is 15.4. The average Bonchev–Trinajstić information content (AvgIpc) is 3.24. The first-order valence-electron chi connectivity index (χ1n) is 10.9. The van der Waals surface area contributed by atoms with Crippen molar-refractivity contribution in [3.05, 3.63) is 106 Å². The molecule has 0 spiro atoms. The monoisotopic (exact) mass is 430 g/mol. The summed E-state index contributed by atoms with van der Waals surface area (Å²) in [4.78, 5) is 28.2. The molecular formula is C27H27FN2O2. The first-order valence-corrected chi connectivity index (χ1v) is 10.9. The number of carbonyl (C=O) groups is 2. The van der Waals surface area contributed by atoms with Crippen molar-refractivity contribution in [3.8, 4) is 0 Å². The van der Waals surface area contributed by atoms with Crippen molar-refractivity contribution >= 4 is 11.8 Å². The number of hydrogen-bond donors (Lipinski definition) is 1. The minimum absolute atomic E-state index is 0.0472. The van der Waals surface area contributed by atoms with Gasteiger partial charge in [0, 0.05) is 31.1 Å². The van der Waals surface area contributed by atoms with Gasteiger partial charge in [-0.1, -0.05) is 60.2 Å². The summed E-state index contributed by atoms with van der Waals surface area (Å²) in [5.41, 5.74) is 4.63. The van der Waals surface area contributed by atoms with Gasteiger partial charge in [0.15, 0.2) is 0 Å². The van der Waals surface area contributed by atoms with E-state index in [4.69, 9.17) is 0 Å². The van der Waals surface area contributed by atoms with E-state index in [2.05, 4.69) is 5.32 Å². The van der Waals surface area contributed by atoms with Gasteiger partial charge in [-0.2, -0.15) is 0 Å². The van der Waals surface area contributed by atoms with Gasteiger partial charge in [-0.3, -0.25) is 9.59 Å². The Bertz CT molecular complexity index is 1110. The van der Waals surface area contributed by atoms with Crippen molar-refractivity contribution < 1.29 is 14.0 Å². The third-order valence-electron chi connectivity index (χ3n) is 6.20. The van der Waals surface area contributed by atoms with E-state index in [1.54, 1.807) is 17.0 Å². The number of carbonyl (C=O) groups excluding carboxylic acids is 2. The third kappa shape index (κ3) is 4.72. The van der Waals surface area contributed by atoms with E-state index in [9.17, 15) is 14.0 Å². The van der Waals surface area contributed by atoms with Crippen LogP contribution in [0.1, 0.15) is 38.5 Å². The summed E-state index contributed by atoms with van der Waals surface area (Å²) < 4.78 is 13.2. The Morgan fingerprint density at radius 1 is 0.938 bits per heavy atom. The highest BCUT2D eigenvalue weighted by Gasteiger charge is 2.40. The molecule has 1 saturated heterocycles. The number of rotatable bonds is 5. The van der Waals surface area contributed by atoms with Crippen molar-refractivity contribution in [2.75, 3.05) is 13.1 Å². The van der Waals surface area contributed by atoms with Crippen LogP contribution in [0.4, 0.5) is 4.39 Å². The topological polar surface area (TPSA) is 49.4 Å². The van der Waals surface area contributed by atoms with Crippen LogP contribution in [0.2, 0.25) is 0 Å². The van der Waals surface area contributed by atoms with Gasteiger partial charge < -0.3 is 10.2 Å². The number of nitrogens with one attached hydrogen (secondary N) is 1. The maximum Gasteiger partial charge on any atom is 0.254 e. The fourth-order valence-corrected chi connectivity index (χ4v) is 4.29. The molecule has 164 valence electrons. The zero-order valence-electron chi connectivity index (χ0n) is 18.3. The molecule has 1 aliphatic rings. The van der Waals surface area contributed by atoms with Gasteiger partial charge >= 0.3 is 0 Å². The van der Waals surface area contributed by atoms with Crippen molar-refractivity contribution in [1.29, 1.82) is 0 Å². The second-order valence-corrected chi connectivity index (χ2v) is 8.49. The molecule has 5 heteroatoms. The molecule has 4 rings (SSSR count). The maximum atomic E-state index is 13.2. The van der Waals surface area contributed by atoms with Crippen LogP contribution in [0.15, 0.2) is 72.8 Å². The summed E-state index contributed by atoms with van der Waals surface area (Å²) in [5, 5.41) is 2.98. The molecular weight excluding hydrogens is 403 g/mol. The van der Waals surface area contributed by atoms with E-state index in [-0.39, 0.29) is 29.5 Å². The summed E-state index contributed by atoms with van der Waals surface area (Å²) in [6.45, 7) is 5.13. The SMILES string of the molecule is Cc1ccc([C@H]2CN(C(=O)c3ccccc3C)C[C@H]2C(=O)NCc2ccc(F)cc2)cc1. The van der Waals surface area contributed by atoms with Gasteiger partial charge in [0.05, 0.1) is 5.92 Å². The van der Waals surface area contributed by atoms with Crippen LogP contribution in [0.5, 0.6) is 0 Å². The lowest BCUT2D eigenvalue weighted by Gasteiger charge is -2.18. The smallest absolute Gasteiger partial charge is 0.254 e. The van der Waals surface area contributed by atoms with Crippen molar-refractivity contribution in [2.24, 2.45) is 5.92 Å². The fourth-order valence-electron chi connectivity index (χ4n) is 4.29. The zero-order valence-corrected chi connectivity index (χ0v) is 18.3. The van der Waals surface area contributed by atoms with Gasteiger partial charge in [-0.05, 0) is 48.7 Å². The maximum absolute atomic E-state index is 13.2. The molecule has 0 radical (unpaired) electrons. The van der Waals surface area contributed by atoms with Gasteiger partial charge in [0.25, 0.3) is 5.91 Å². The molecule has 0 unspecified atom stereocenters. The standard InChI is InChI=1S/C27H27FN2O2/c1-18-7-11-21(12-8-18)24-16-30(27(32)23-6-4-3-5-19(23)2)17-25(24)26(31)29-15-20-9-13-22(28)14-10-20/h3-14,24-25H,15-17H2,1-2H3,(H,29,31)/t24-,25-/m1/s1. The molecule has 0 aromatic heterocycles. The van der Waals surface area contributed by atoms with Gasteiger partial charge in [0.1, 0.15) is 5.82 Å². The van der Waals surface area contributed by atoms with E-state index in [1.165, 1.54) is 12.1 Å². The number of hydrogen-bond acceptors (Lipinski definition) is 2. The Kier molecular flexibility index (Phi) is 6.35. The Labute approximate surface area is 188 Å². The van der Waals surface area contributed by atoms with Crippen LogP contribution in [0.25, 0.3) is 0 Å². The first kappa shape index (κ1) is 21.8. The molecule has 0 aliphatic carbocycles. The van der Waals surface area contributed by atoms with Crippen LogP contribution >= 0.6 is 0 Å². The van der Waals surface area contributed by atoms with Gasteiger partial charge in [-0.15, -0.1) is 0 Å². The predicted octanol–water partition coefficient (Wildman–Crippen LogP) is 4.61. The number of aryl methyl sites for hydroxylation is 2. The number of benzene rings is 3. The fraction of sp³-hybridized carbons (Fsp3) is 0.259. The number of nitrogens with zero attached hydrogens (tertiary/aromatic N) is 1. The molecule has 1 aliphatic heterocycles. The molecule has 3 aromatic rings. The lowest BCUT2D eigenvalue weighted by Crippen LogP contribution is -2.35. The van der Waals surface area contributed by atoms with Gasteiger partial charge in [0.2, 0.25) is 5.91 Å². The van der Waals surface area contributed by atoms with Crippen molar-refractivity contribution in [2.45, 2.75) is 26.3 Å². The highest BCUT2D eigenvalue weighted by molar-refractivity contribution is 5.96. The number of amides is 2. The Balaban J connectivity index is 1.55. The van der Waals surface area contributed by atoms with Crippen molar-refractivity contribution in [3.63, 3.8) is 0 Å². The van der Waals surface area contributed by atoms with E-state index in [0.717, 1.165) is 22.3 Å². The van der Waals surface area contributed by atoms with Crippen LogP contribution in [-0.4, -0.2) is 29.8 Å². The molecule has 0 bridgehead atoms. The molecule has 4 nitrogen and oxygen atoms in total. The largest absolute Gasteiger partial charge is 0.352 e. The average molecular weight is 431 g/mol. The van der Waals surface area contributed by atoms with E-state index < -0.39 is 0 Å². The highest BCUT2D eigenvalue weighted by Crippen LogP contribution is 2.34. The molecule has 32 heavy (non-hydrogen) atoms. The van der Waals surface area contributed by atoms with Gasteiger partial charge in [-0.25, -0.2) is 4.39 Å². The summed E-state index contributed by atoms with van der Waals surface area (Å²) in [6, 6.07) is 21.8. The number of halogens is 1. The minimum Gasteiger partial charge on any atom is -0.352 e. The second kappa shape index (κ2) is 9.35. The normalized spacial score (nSPS) is 17.9. The molecule has 2 atom stereocenters. The van der Waals surface area contributed by atoms with E-state index >= 15 is 0 Å². The molecule has 1 heterocycles. The predicted molar refractivity (Wildman–Crippen MR) is 123 cm³/mol.